The van der Waals surface area contributed by atoms with E-state index in [4.69, 9.17) is 10.5 Å². The van der Waals surface area contributed by atoms with Gasteiger partial charge in [0.15, 0.2) is 0 Å². The van der Waals surface area contributed by atoms with Gasteiger partial charge in [0.25, 0.3) is 5.69 Å². The van der Waals surface area contributed by atoms with Crippen molar-refractivity contribution in [3.05, 3.63) is 63.2 Å². The van der Waals surface area contributed by atoms with Gasteiger partial charge in [0.1, 0.15) is 12.4 Å². The topological polar surface area (TPSA) is 78.4 Å². The zero-order valence-corrected chi connectivity index (χ0v) is 11.4. The smallest absolute Gasteiger partial charge is 0.269 e. The molecule has 0 saturated heterocycles. The second kappa shape index (κ2) is 5.61. The maximum Gasteiger partial charge on any atom is 0.269 e. The molecule has 2 N–H and O–H groups in total. The molecule has 2 aromatic rings. The first-order valence-electron chi connectivity index (χ1n) is 6.20. The molecule has 104 valence electrons. The molecule has 5 nitrogen and oxygen atoms in total. The van der Waals surface area contributed by atoms with E-state index in [-0.39, 0.29) is 12.3 Å². The van der Waals surface area contributed by atoms with E-state index < -0.39 is 4.92 Å². The number of nitrogens with two attached hydrogens (primary N) is 1. The van der Waals surface area contributed by atoms with E-state index in [0.717, 1.165) is 16.9 Å². The Morgan fingerprint density at radius 1 is 1.20 bits per heavy atom. The molecule has 0 heterocycles. The molecule has 0 atom stereocenters. The predicted molar refractivity (Wildman–Crippen MR) is 77.8 cm³/mol. The van der Waals surface area contributed by atoms with Crippen LogP contribution in [0.3, 0.4) is 0 Å². The van der Waals surface area contributed by atoms with Crippen LogP contribution in [0, 0.1) is 24.0 Å². The van der Waals surface area contributed by atoms with Crippen LogP contribution in [0.4, 0.5) is 11.4 Å². The molecule has 20 heavy (non-hydrogen) atoms. The second-order valence-electron chi connectivity index (χ2n) is 4.70. The lowest BCUT2D eigenvalue weighted by molar-refractivity contribution is -0.384. The molecule has 0 unspecified atom stereocenters. The lowest BCUT2D eigenvalue weighted by Crippen LogP contribution is -2.02. The number of aryl methyl sites for hydroxylation is 2. The zero-order valence-electron chi connectivity index (χ0n) is 11.4. The van der Waals surface area contributed by atoms with E-state index in [1.54, 1.807) is 0 Å². The average molecular weight is 272 g/mol. The number of benzene rings is 2. The lowest BCUT2D eigenvalue weighted by Gasteiger charge is -2.11. The van der Waals surface area contributed by atoms with Crippen molar-refractivity contribution in [2.45, 2.75) is 20.5 Å². The van der Waals surface area contributed by atoms with Crippen LogP contribution in [0.15, 0.2) is 36.4 Å². The molecule has 0 radical (unpaired) electrons. The summed E-state index contributed by atoms with van der Waals surface area (Å²) in [7, 11) is 0. The van der Waals surface area contributed by atoms with Gasteiger partial charge in [0.2, 0.25) is 0 Å². The normalized spacial score (nSPS) is 10.3. The largest absolute Gasteiger partial charge is 0.489 e. The first-order chi connectivity index (χ1) is 9.47. The van der Waals surface area contributed by atoms with Crippen molar-refractivity contribution in [1.29, 1.82) is 0 Å². The van der Waals surface area contributed by atoms with Crippen LogP contribution < -0.4 is 10.5 Å². The average Bonchev–Trinajstić information content (AvgIpc) is 2.41. The fourth-order valence-electron chi connectivity index (χ4n) is 1.85. The van der Waals surface area contributed by atoms with Crippen molar-refractivity contribution in [1.82, 2.24) is 0 Å². The standard InChI is InChI=1S/C15H16N2O3/c1-10-3-4-11(2)15(7-10)20-9-12-8-13(17(18)19)5-6-14(12)16/h3-8H,9,16H2,1-2H3. The molecule has 2 aromatic carbocycles. The Bertz CT molecular complexity index is 654. The molecular formula is C15H16N2O3. The summed E-state index contributed by atoms with van der Waals surface area (Å²) in [5.41, 5.74) is 9.04. The SMILES string of the molecule is Cc1ccc(C)c(OCc2cc([N+](=O)[O-])ccc2N)c1. The van der Waals surface area contributed by atoms with Crippen LogP contribution in [-0.2, 0) is 6.61 Å². The van der Waals surface area contributed by atoms with Gasteiger partial charge in [-0.2, -0.15) is 0 Å². The molecule has 0 aliphatic heterocycles. The minimum atomic E-state index is -0.444. The quantitative estimate of drug-likeness (QED) is 0.525. The number of ether oxygens (including phenoxy) is 1. The Labute approximate surface area is 117 Å². The van der Waals surface area contributed by atoms with Gasteiger partial charge in [-0.15, -0.1) is 0 Å². The third-order valence-corrected chi connectivity index (χ3v) is 3.06. The summed E-state index contributed by atoms with van der Waals surface area (Å²) in [6, 6.07) is 10.3. The van der Waals surface area contributed by atoms with E-state index >= 15 is 0 Å². The van der Waals surface area contributed by atoms with Gasteiger partial charge in [-0.05, 0) is 37.1 Å². The molecule has 0 aromatic heterocycles. The molecule has 5 heteroatoms. The number of non-ortho nitro benzene ring substituents is 1. The summed E-state index contributed by atoms with van der Waals surface area (Å²) >= 11 is 0. The molecule has 0 aliphatic rings. The highest BCUT2D eigenvalue weighted by Crippen LogP contribution is 2.24. The third-order valence-electron chi connectivity index (χ3n) is 3.06. The van der Waals surface area contributed by atoms with Crippen LogP contribution in [0.1, 0.15) is 16.7 Å². The summed E-state index contributed by atoms with van der Waals surface area (Å²) in [6.45, 7) is 4.14. The molecular weight excluding hydrogens is 256 g/mol. The van der Waals surface area contributed by atoms with E-state index in [9.17, 15) is 10.1 Å². The van der Waals surface area contributed by atoms with Gasteiger partial charge in [0.05, 0.1) is 4.92 Å². The Balaban J connectivity index is 2.20. The van der Waals surface area contributed by atoms with Crippen molar-refractivity contribution in [3.63, 3.8) is 0 Å². The van der Waals surface area contributed by atoms with Gasteiger partial charge >= 0.3 is 0 Å². The number of nitrogens with zero attached hydrogens (tertiary/aromatic N) is 1. The molecule has 2 rings (SSSR count). The summed E-state index contributed by atoms with van der Waals surface area (Å²) in [5.74, 6) is 0.760. The fourth-order valence-corrected chi connectivity index (χ4v) is 1.85. The van der Waals surface area contributed by atoms with Gasteiger partial charge in [-0.25, -0.2) is 0 Å². The number of nitrogen functional groups attached to an aromatic ring is 1. The Hall–Kier alpha value is -2.56. The predicted octanol–water partition coefficient (Wildman–Crippen LogP) is 3.37. The van der Waals surface area contributed by atoms with Crippen molar-refractivity contribution in [2.75, 3.05) is 5.73 Å². The number of nitro benzene ring substituents is 1. The van der Waals surface area contributed by atoms with Crippen LogP contribution in [0.25, 0.3) is 0 Å². The van der Waals surface area contributed by atoms with Crippen molar-refractivity contribution < 1.29 is 9.66 Å². The van der Waals surface area contributed by atoms with Crippen LogP contribution in [-0.4, -0.2) is 4.92 Å². The molecule has 0 fully saturated rings. The third kappa shape index (κ3) is 3.06. The van der Waals surface area contributed by atoms with Crippen LogP contribution in [0.5, 0.6) is 5.75 Å². The van der Waals surface area contributed by atoms with Crippen molar-refractivity contribution in [2.24, 2.45) is 0 Å². The molecule has 0 amide bonds. The summed E-state index contributed by atoms with van der Waals surface area (Å²) in [4.78, 5) is 10.3. The molecule has 0 spiro atoms. The van der Waals surface area contributed by atoms with Gasteiger partial charge in [0, 0.05) is 23.4 Å². The first kappa shape index (κ1) is 13.9. The zero-order chi connectivity index (χ0) is 14.7. The molecule has 0 bridgehead atoms. The number of hydrogen-bond acceptors (Lipinski definition) is 4. The van der Waals surface area contributed by atoms with Crippen molar-refractivity contribution >= 4 is 11.4 Å². The first-order valence-corrected chi connectivity index (χ1v) is 6.20. The Morgan fingerprint density at radius 2 is 1.95 bits per heavy atom. The fraction of sp³-hybridized carbons (Fsp3) is 0.200. The number of anilines is 1. The van der Waals surface area contributed by atoms with E-state index in [0.29, 0.717) is 11.3 Å². The van der Waals surface area contributed by atoms with Gasteiger partial charge < -0.3 is 10.5 Å². The number of hydrogen-bond donors (Lipinski definition) is 1. The Kier molecular flexibility index (Phi) is 3.89. The van der Waals surface area contributed by atoms with Gasteiger partial charge in [-0.1, -0.05) is 12.1 Å². The second-order valence-corrected chi connectivity index (χ2v) is 4.70. The number of nitro groups is 1. The van der Waals surface area contributed by atoms with Crippen LogP contribution >= 0.6 is 0 Å². The van der Waals surface area contributed by atoms with E-state index in [1.807, 2.05) is 32.0 Å². The minimum absolute atomic E-state index is 0.0127. The monoisotopic (exact) mass is 272 g/mol. The highest BCUT2D eigenvalue weighted by molar-refractivity contribution is 5.52. The summed E-state index contributed by atoms with van der Waals surface area (Å²) < 4.78 is 5.72. The highest BCUT2D eigenvalue weighted by atomic mass is 16.6. The summed E-state index contributed by atoms with van der Waals surface area (Å²) in [5, 5.41) is 10.8. The summed E-state index contributed by atoms with van der Waals surface area (Å²) in [6.07, 6.45) is 0. The highest BCUT2D eigenvalue weighted by Gasteiger charge is 2.10. The maximum atomic E-state index is 10.8. The van der Waals surface area contributed by atoms with E-state index in [1.165, 1.54) is 18.2 Å². The lowest BCUT2D eigenvalue weighted by atomic mass is 10.1. The minimum Gasteiger partial charge on any atom is -0.489 e. The maximum absolute atomic E-state index is 10.8. The van der Waals surface area contributed by atoms with Crippen LogP contribution in [0.2, 0.25) is 0 Å². The Morgan fingerprint density at radius 3 is 2.65 bits per heavy atom. The van der Waals surface area contributed by atoms with Gasteiger partial charge in [-0.3, -0.25) is 10.1 Å². The number of rotatable bonds is 4. The van der Waals surface area contributed by atoms with E-state index in [2.05, 4.69) is 0 Å². The molecule has 0 aliphatic carbocycles. The van der Waals surface area contributed by atoms with Crippen molar-refractivity contribution in [3.8, 4) is 5.75 Å². The molecule has 0 saturated carbocycles.